The first-order valence-electron chi connectivity index (χ1n) is 5.24. The zero-order chi connectivity index (χ0) is 11.2. The smallest absolute Gasteiger partial charge is 0.200 e. The Kier molecular flexibility index (Phi) is 3.43. The van der Waals surface area contributed by atoms with Crippen LogP contribution in [0.2, 0.25) is 0 Å². The van der Waals surface area contributed by atoms with Gasteiger partial charge in [0.1, 0.15) is 5.75 Å². The van der Waals surface area contributed by atoms with Gasteiger partial charge in [0.15, 0.2) is 5.95 Å². The highest BCUT2D eigenvalue weighted by Gasteiger charge is 1.97. The number of ether oxygens (including phenoxy) is 1. The molecule has 0 aliphatic carbocycles. The summed E-state index contributed by atoms with van der Waals surface area (Å²) in [6.45, 7) is 0.848. The van der Waals surface area contributed by atoms with Gasteiger partial charge in [-0.2, -0.15) is 0 Å². The number of imidazole rings is 1. The van der Waals surface area contributed by atoms with E-state index in [2.05, 4.69) is 21.4 Å². The molecule has 0 saturated heterocycles. The van der Waals surface area contributed by atoms with Crippen LogP contribution in [0.4, 0.5) is 5.95 Å². The Bertz CT molecular complexity index is 426. The lowest BCUT2D eigenvalue weighted by molar-refractivity contribution is 0.414. The van der Waals surface area contributed by atoms with Crippen LogP contribution in [0.15, 0.2) is 36.7 Å². The first-order valence-corrected chi connectivity index (χ1v) is 5.24. The number of aromatic nitrogens is 2. The molecule has 0 fully saturated rings. The SMILES string of the molecule is COc1cccc(CCNc2ncc[nH]2)c1. The van der Waals surface area contributed by atoms with Gasteiger partial charge in [0.25, 0.3) is 0 Å². The number of hydrogen-bond donors (Lipinski definition) is 2. The molecule has 0 aliphatic heterocycles. The standard InChI is InChI=1S/C12H15N3O/c1-16-11-4-2-3-10(9-11)5-6-13-12-14-7-8-15-12/h2-4,7-9H,5-6H2,1H3,(H2,13,14,15). The lowest BCUT2D eigenvalue weighted by atomic mass is 10.1. The molecule has 0 amide bonds. The second kappa shape index (κ2) is 5.21. The lowest BCUT2D eigenvalue weighted by Gasteiger charge is -2.05. The molecule has 0 bridgehead atoms. The lowest BCUT2D eigenvalue weighted by Crippen LogP contribution is -2.05. The minimum Gasteiger partial charge on any atom is -0.497 e. The number of benzene rings is 1. The molecule has 4 heteroatoms. The number of nitrogens with one attached hydrogen (secondary N) is 2. The van der Waals surface area contributed by atoms with Crippen molar-refractivity contribution in [2.45, 2.75) is 6.42 Å². The zero-order valence-corrected chi connectivity index (χ0v) is 9.23. The number of rotatable bonds is 5. The number of aromatic amines is 1. The van der Waals surface area contributed by atoms with E-state index >= 15 is 0 Å². The van der Waals surface area contributed by atoms with Crippen molar-refractivity contribution in [1.29, 1.82) is 0 Å². The minimum absolute atomic E-state index is 0.808. The third-order valence-corrected chi connectivity index (χ3v) is 2.34. The highest BCUT2D eigenvalue weighted by molar-refractivity contribution is 5.30. The van der Waals surface area contributed by atoms with Crippen LogP contribution in [0.3, 0.4) is 0 Å². The second-order valence-electron chi connectivity index (χ2n) is 3.47. The fraction of sp³-hybridized carbons (Fsp3) is 0.250. The molecule has 1 aromatic heterocycles. The highest BCUT2D eigenvalue weighted by Crippen LogP contribution is 2.12. The van der Waals surface area contributed by atoms with Crippen LogP contribution in [0, 0.1) is 0 Å². The van der Waals surface area contributed by atoms with Crippen LogP contribution in [0.5, 0.6) is 5.75 Å². The van der Waals surface area contributed by atoms with E-state index in [1.54, 1.807) is 19.5 Å². The predicted molar refractivity (Wildman–Crippen MR) is 63.8 cm³/mol. The molecule has 0 saturated carbocycles. The summed E-state index contributed by atoms with van der Waals surface area (Å²) in [4.78, 5) is 7.09. The molecular formula is C12H15N3O. The second-order valence-corrected chi connectivity index (χ2v) is 3.47. The molecule has 2 aromatic rings. The van der Waals surface area contributed by atoms with Crippen LogP contribution >= 0.6 is 0 Å². The molecule has 0 radical (unpaired) electrons. The summed E-state index contributed by atoms with van der Waals surface area (Å²) in [6, 6.07) is 8.08. The molecule has 1 heterocycles. The average Bonchev–Trinajstić information content (AvgIpc) is 2.82. The van der Waals surface area contributed by atoms with Gasteiger partial charge in [0, 0.05) is 18.9 Å². The summed E-state index contributed by atoms with van der Waals surface area (Å²) in [5, 5.41) is 3.20. The maximum Gasteiger partial charge on any atom is 0.200 e. The van der Waals surface area contributed by atoms with Crippen molar-refractivity contribution in [2.75, 3.05) is 19.0 Å². The van der Waals surface area contributed by atoms with Crippen LogP contribution in [-0.4, -0.2) is 23.6 Å². The van der Waals surface area contributed by atoms with Gasteiger partial charge in [-0.3, -0.25) is 0 Å². The van der Waals surface area contributed by atoms with E-state index in [9.17, 15) is 0 Å². The van der Waals surface area contributed by atoms with Crippen molar-refractivity contribution in [3.63, 3.8) is 0 Å². The highest BCUT2D eigenvalue weighted by atomic mass is 16.5. The van der Waals surface area contributed by atoms with Gasteiger partial charge < -0.3 is 15.0 Å². The molecule has 0 atom stereocenters. The number of nitrogens with zero attached hydrogens (tertiary/aromatic N) is 1. The van der Waals surface area contributed by atoms with E-state index < -0.39 is 0 Å². The first kappa shape index (κ1) is 10.5. The molecule has 84 valence electrons. The third kappa shape index (κ3) is 2.76. The summed E-state index contributed by atoms with van der Waals surface area (Å²) >= 11 is 0. The molecule has 1 aromatic carbocycles. The van der Waals surface area contributed by atoms with Crippen LogP contribution in [0.25, 0.3) is 0 Å². The van der Waals surface area contributed by atoms with Gasteiger partial charge >= 0.3 is 0 Å². The van der Waals surface area contributed by atoms with E-state index in [1.807, 2.05) is 18.2 Å². The zero-order valence-electron chi connectivity index (χ0n) is 9.23. The molecular weight excluding hydrogens is 202 g/mol. The predicted octanol–water partition coefficient (Wildman–Crippen LogP) is 2.07. The number of H-pyrrole nitrogens is 1. The Hall–Kier alpha value is -1.97. The summed E-state index contributed by atoms with van der Waals surface area (Å²) in [5.41, 5.74) is 1.25. The van der Waals surface area contributed by atoms with Gasteiger partial charge in [0.2, 0.25) is 0 Å². The monoisotopic (exact) mass is 217 g/mol. The first-order chi connectivity index (χ1) is 7.88. The Morgan fingerprint density at radius 2 is 2.38 bits per heavy atom. The van der Waals surface area contributed by atoms with E-state index in [1.165, 1.54) is 5.56 Å². The molecule has 0 aliphatic rings. The van der Waals surface area contributed by atoms with Gasteiger partial charge in [-0.15, -0.1) is 0 Å². The van der Waals surface area contributed by atoms with Crippen LogP contribution in [0.1, 0.15) is 5.56 Å². The van der Waals surface area contributed by atoms with Gasteiger partial charge in [0.05, 0.1) is 7.11 Å². The topological polar surface area (TPSA) is 49.9 Å². The van der Waals surface area contributed by atoms with E-state index in [4.69, 9.17) is 4.74 Å². The largest absolute Gasteiger partial charge is 0.497 e. The fourth-order valence-electron chi connectivity index (χ4n) is 1.52. The van der Waals surface area contributed by atoms with Crippen LogP contribution in [-0.2, 0) is 6.42 Å². The van der Waals surface area contributed by atoms with Crippen molar-refractivity contribution < 1.29 is 4.74 Å². The van der Waals surface area contributed by atoms with Gasteiger partial charge in [-0.1, -0.05) is 12.1 Å². The Morgan fingerprint density at radius 3 is 3.12 bits per heavy atom. The summed E-state index contributed by atoms with van der Waals surface area (Å²) < 4.78 is 5.17. The van der Waals surface area contributed by atoms with E-state index in [-0.39, 0.29) is 0 Å². The normalized spacial score (nSPS) is 10.1. The van der Waals surface area contributed by atoms with Crippen molar-refractivity contribution in [3.8, 4) is 5.75 Å². The van der Waals surface area contributed by atoms with Crippen molar-refractivity contribution in [1.82, 2.24) is 9.97 Å². The molecule has 0 unspecified atom stereocenters. The molecule has 4 nitrogen and oxygen atoms in total. The van der Waals surface area contributed by atoms with Crippen LogP contribution < -0.4 is 10.1 Å². The Morgan fingerprint density at radius 1 is 1.44 bits per heavy atom. The number of hydrogen-bond acceptors (Lipinski definition) is 3. The van der Waals surface area contributed by atoms with E-state index in [0.717, 1.165) is 24.7 Å². The quantitative estimate of drug-likeness (QED) is 0.806. The Labute approximate surface area is 94.7 Å². The van der Waals surface area contributed by atoms with Crippen molar-refractivity contribution >= 4 is 5.95 Å². The van der Waals surface area contributed by atoms with Crippen molar-refractivity contribution in [2.24, 2.45) is 0 Å². The third-order valence-electron chi connectivity index (χ3n) is 2.34. The number of methoxy groups -OCH3 is 1. The molecule has 2 rings (SSSR count). The fourth-order valence-corrected chi connectivity index (χ4v) is 1.52. The molecule has 0 spiro atoms. The van der Waals surface area contributed by atoms with Crippen molar-refractivity contribution in [3.05, 3.63) is 42.2 Å². The summed E-state index contributed by atoms with van der Waals surface area (Å²) in [5.74, 6) is 1.71. The van der Waals surface area contributed by atoms with Gasteiger partial charge in [-0.25, -0.2) is 4.98 Å². The average molecular weight is 217 g/mol. The molecule has 2 N–H and O–H groups in total. The summed E-state index contributed by atoms with van der Waals surface area (Å²) in [7, 11) is 1.68. The summed E-state index contributed by atoms with van der Waals surface area (Å²) in [6.07, 6.45) is 4.47. The molecule has 16 heavy (non-hydrogen) atoms. The van der Waals surface area contributed by atoms with E-state index in [0.29, 0.717) is 0 Å². The Balaban J connectivity index is 1.85. The maximum absolute atomic E-state index is 5.17. The maximum atomic E-state index is 5.17. The minimum atomic E-state index is 0.808. The number of anilines is 1. The van der Waals surface area contributed by atoms with Gasteiger partial charge in [-0.05, 0) is 24.1 Å².